The number of hydrogen-bond donors (Lipinski definition) is 2. The maximum absolute atomic E-state index is 12.9. The standard InChI is InChI=1S/C16H17N3O6S4.C6H15N.CH4/c1-9(20)17-5-6-18-14(21)13(28-16(18)26)15-19(8-29(22,23)24)11-7-10(25-2)3-4-12(11)27-15;1-4-7(5-2)6-3;/h3-4,7H,5-6,8H2,1-2H3,(H,17,20)(H,22,23,24);4-6H2,1-3H3;1H4/b15-13-;;. The molecule has 2 N–H and O–H groups in total. The number of anilines is 1. The highest BCUT2D eigenvalue weighted by Gasteiger charge is 2.40. The molecule has 0 aliphatic carbocycles. The minimum absolute atomic E-state index is 0. The molecule has 1 fully saturated rings. The molecule has 1 aromatic rings. The maximum atomic E-state index is 12.9. The van der Waals surface area contributed by atoms with Gasteiger partial charge in [0.25, 0.3) is 16.0 Å². The van der Waals surface area contributed by atoms with Crippen LogP contribution < -0.4 is 15.0 Å². The minimum atomic E-state index is -4.38. The third kappa shape index (κ3) is 9.14. The van der Waals surface area contributed by atoms with E-state index in [1.807, 2.05) is 0 Å². The lowest BCUT2D eigenvalue weighted by atomic mass is 10.3. The van der Waals surface area contributed by atoms with Gasteiger partial charge in [-0.15, -0.1) is 0 Å². The summed E-state index contributed by atoms with van der Waals surface area (Å²) in [4.78, 5) is 30.1. The highest BCUT2D eigenvalue weighted by atomic mass is 32.2. The molecule has 2 amide bonds. The van der Waals surface area contributed by atoms with Crippen LogP contribution >= 0.6 is 35.7 Å². The molecule has 0 bridgehead atoms. The van der Waals surface area contributed by atoms with Crippen molar-refractivity contribution in [2.75, 3.05) is 50.6 Å². The molecule has 0 spiro atoms. The normalized spacial score (nSPS) is 16.8. The Morgan fingerprint density at radius 3 is 2.27 bits per heavy atom. The molecule has 37 heavy (non-hydrogen) atoms. The highest BCUT2D eigenvalue weighted by Crippen LogP contribution is 2.51. The summed E-state index contributed by atoms with van der Waals surface area (Å²) in [5.74, 6) is -0.809. The quantitative estimate of drug-likeness (QED) is 0.249. The summed E-state index contributed by atoms with van der Waals surface area (Å²) >= 11 is 7.56. The van der Waals surface area contributed by atoms with Crippen LogP contribution in [-0.4, -0.2) is 84.6 Å². The summed E-state index contributed by atoms with van der Waals surface area (Å²) in [5.41, 5.74) is 0.505. The molecule has 2 aliphatic heterocycles. The van der Waals surface area contributed by atoms with Crippen molar-refractivity contribution in [1.82, 2.24) is 15.1 Å². The van der Waals surface area contributed by atoms with Gasteiger partial charge in [-0.3, -0.25) is 19.0 Å². The van der Waals surface area contributed by atoms with E-state index in [1.54, 1.807) is 18.2 Å². The molecule has 0 saturated carbocycles. The van der Waals surface area contributed by atoms with Crippen LogP contribution in [0.2, 0.25) is 0 Å². The van der Waals surface area contributed by atoms with Crippen LogP contribution in [0.25, 0.3) is 0 Å². The fraction of sp³-hybridized carbons (Fsp3) is 0.522. The molecule has 0 aromatic heterocycles. The Morgan fingerprint density at radius 1 is 1.16 bits per heavy atom. The van der Waals surface area contributed by atoms with E-state index in [0.29, 0.717) is 25.7 Å². The SMILES string of the molecule is C.CCN(CC)CC.COc1ccc2c(c1)N(CS(=O)(=O)O)/C(=C1/SC(=S)N(CCNC(C)=O)C1=O)S2. The Balaban J connectivity index is 0.000000754. The summed E-state index contributed by atoms with van der Waals surface area (Å²) in [6.45, 7) is 11.9. The molecule has 10 nitrogen and oxygen atoms in total. The van der Waals surface area contributed by atoms with Gasteiger partial charge in [-0.1, -0.05) is 63.9 Å². The Kier molecular flexibility index (Phi) is 13.4. The van der Waals surface area contributed by atoms with Gasteiger partial charge < -0.3 is 19.9 Å². The number of nitrogens with zero attached hydrogens (tertiary/aromatic N) is 3. The maximum Gasteiger partial charge on any atom is 0.283 e. The summed E-state index contributed by atoms with van der Waals surface area (Å²) in [6.07, 6.45) is 0. The van der Waals surface area contributed by atoms with E-state index in [1.165, 1.54) is 55.2 Å². The number of carbonyl (C=O) groups is 2. The highest BCUT2D eigenvalue weighted by molar-refractivity contribution is 8.27. The molecule has 1 aromatic carbocycles. The number of hydrogen-bond acceptors (Lipinski definition) is 10. The number of benzene rings is 1. The van der Waals surface area contributed by atoms with E-state index < -0.39 is 16.0 Å². The third-order valence-corrected chi connectivity index (χ3v) is 8.63. The summed E-state index contributed by atoms with van der Waals surface area (Å²) in [6, 6.07) is 5.11. The number of rotatable bonds is 9. The second kappa shape index (κ2) is 14.9. The molecule has 208 valence electrons. The van der Waals surface area contributed by atoms with Gasteiger partial charge in [0.05, 0.1) is 12.8 Å². The smallest absolute Gasteiger partial charge is 0.283 e. The Morgan fingerprint density at radius 2 is 1.78 bits per heavy atom. The van der Waals surface area contributed by atoms with E-state index in [-0.39, 0.29) is 37.2 Å². The fourth-order valence-corrected chi connectivity index (χ4v) is 6.66. The van der Waals surface area contributed by atoms with Crippen LogP contribution in [0, 0.1) is 0 Å². The lowest BCUT2D eigenvalue weighted by Crippen LogP contribution is -2.36. The lowest BCUT2D eigenvalue weighted by molar-refractivity contribution is -0.123. The average Bonchev–Trinajstić information content (AvgIpc) is 3.30. The van der Waals surface area contributed by atoms with E-state index in [0.717, 1.165) is 11.8 Å². The van der Waals surface area contributed by atoms with Gasteiger partial charge in [-0.2, -0.15) is 8.42 Å². The predicted molar refractivity (Wildman–Crippen MR) is 156 cm³/mol. The zero-order valence-corrected chi connectivity index (χ0v) is 24.2. The number of nitrogens with one attached hydrogen (secondary N) is 1. The van der Waals surface area contributed by atoms with Gasteiger partial charge in [-0.25, -0.2) is 0 Å². The Labute approximate surface area is 233 Å². The first kappa shape index (κ1) is 33.2. The van der Waals surface area contributed by atoms with Crippen molar-refractivity contribution >= 4 is 67.7 Å². The first-order chi connectivity index (χ1) is 16.9. The van der Waals surface area contributed by atoms with Crippen LogP contribution in [0.15, 0.2) is 33.0 Å². The molecule has 0 radical (unpaired) electrons. The van der Waals surface area contributed by atoms with Crippen molar-refractivity contribution in [3.63, 3.8) is 0 Å². The second-order valence-electron chi connectivity index (χ2n) is 7.64. The van der Waals surface area contributed by atoms with Crippen molar-refractivity contribution in [1.29, 1.82) is 0 Å². The van der Waals surface area contributed by atoms with Crippen molar-refractivity contribution < 1.29 is 27.3 Å². The van der Waals surface area contributed by atoms with Gasteiger partial charge >= 0.3 is 0 Å². The zero-order valence-electron chi connectivity index (χ0n) is 20.9. The molecule has 1 saturated heterocycles. The molecule has 14 heteroatoms. The summed E-state index contributed by atoms with van der Waals surface area (Å²) < 4.78 is 38.2. The van der Waals surface area contributed by atoms with Gasteiger partial charge in [-0.05, 0) is 31.8 Å². The van der Waals surface area contributed by atoms with Crippen LogP contribution in [0.1, 0.15) is 35.1 Å². The molecular formula is C23H36N4O6S4. The third-order valence-electron chi connectivity index (χ3n) is 5.30. The molecule has 2 heterocycles. The Hall–Kier alpha value is -1.84. The van der Waals surface area contributed by atoms with Gasteiger partial charge in [0.1, 0.15) is 20.0 Å². The van der Waals surface area contributed by atoms with Crippen molar-refractivity contribution in [2.24, 2.45) is 0 Å². The molecular weight excluding hydrogens is 557 g/mol. The van der Waals surface area contributed by atoms with Crippen molar-refractivity contribution in [3.05, 3.63) is 28.1 Å². The molecule has 3 rings (SSSR count). The number of thioether (sulfide) groups is 2. The van der Waals surface area contributed by atoms with Gasteiger partial charge in [0, 0.05) is 31.0 Å². The predicted octanol–water partition coefficient (Wildman–Crippen LogP) is 3.60. The minimum Gasteiger partial charge on any atom is -0.497 e. The fourth-order valence-electron chi connectivity index (χ4n) is 3.38. The van der Waals surface area contributed by atoms with Crippen LogP contribution in [0.4, 0.5) is 5.69 Å². The van der Waals surface area contributed by atoms with E-state index in [2.05, 4.69) is 31.0 Å². The number of methoxy groups -OCH3 is 1. The molecule has 2 aliphatic rings. The first-order valence-corrected chi connectivity index (χ1v) is 14.9. The number of amides is 2. The van der Waals surface area contributed by atoms with E-state index in [9.17, 15) is 22.6 Å². The largest absolute Gasteiger partial charge is 0.497 e. The number of fused-ring (bicyclic) bond motifs is 1. The van der Waals surface area contributed by atoms with Gasteiger partial charge in [0.2, 0.25) is 5.91 Å². The second-order valence-corrected chi connectivity index (χ2v) is 11.7. The topological polar surface area (TPSA) is 119 Å². The number of ether oxygens (including phenoxy) is 1. The summed E-state index contributed by atoms with van der Waals surface area (Å²) in [7, 11) is -2.89. The monoisotopic (exact) mass is 592 g/mol. The summed E-state index contributed by atoms with van der Waals surface area (Å²) in [5, 5.41) is 2.97. The van der Waals surface area contributed by atoms with E-state index in [4.69, 9.17) is 17.0 Å². The van der Waals surface area contributed by atoms with Crippen molar-refractivity contribution in [3.8, 4) is 5.75 Å². The molecule has 0 atom stereocenters. The lowest BCUT2D eigenvalue weighted by Gasteiger charge is -2.20. The number of thiocarbonyl (C=S) groups is 1. The van der Waals surface area contributed by atoms with Crippen molar-refractivity contribution in [2.45, 2.75) is 40.0 Å². The Bertz CT molecular complexity index is 1120. The average molecular weight is 593 g/mol. The van der Waals surface area contributed by atoms with Crippen LogP contribution in [0.3, 0.4) is 0 Å². The van der Waals surface area contributed by atoms with Gasteiger partial charge in [0.15, 0.2) is 5.88 Å². The molecule has 0 unspecified atom stereocenters. The van der Waals surface area contributed by atoms with Crippen LogP contribution in [-0.2, 0) is 19.7 Å². The zero-order chi connectivity index (χ0) is 27.0. The first-order valence-electron chi connectivity index (χ1n) is 11.3. The van der Waals surface area contributed by atoms with E-state index >= 15 is 0 Å². The van der Waals surface area contributed by atoms with Crippen LogP contribution in [0.5, 0.6) is 5.75 Å². The number of carbonyl (C=O) groups excluding carboxylic acids is 2.